The van der Waals surface area contributed by atoms with Crippen LogP contribution in [0.25, 0.3) is 0 Å². The number of hydrogen-bond acceptors (Lipinski definition) is 5. The molecule has 0 saturated heterocycles. The van der Waals surface area contributed by atoms with Gasteiger partial charge in [-0.05, 0) is 23.6 Å². The molecule has 0 fully saturated rings. The number of benzene rings is 1. The summed E-state index contributed by atoms with van der Waals surface area (Å²) in [6, 6.07) is 8.07. The van der Waals surface area contributed by atoms with Crippen molar-refractivity contribution in [3.8, 4) is 0 Å². The van der Waals surface area contributed by atoms with Gasteiger partial charge in [0.05, 0.1) is 12.5 Å². The Morgan fingerprint density at radius 3 is 2.90 bits per heavy atom. The predicted molar refractivity (Wildman–Crippen MR) is 75.9 cm³/mol. The molecule has 1 unspecified atom stereocenters. The largest absolute Gasteiger partial charge is 0.434 e. The first-order valence-electron chi connectivity index (χ1n) is 6.61. The molecule has 0 aliphatic rings. The Kier molecular flexibility index (Phi) is 4.57. The summed E-state index contributed by atoms with van der Waals surface area (Å²) in [6.45, 7) is 4.62. The lowest BCUT2D eigenvalue weighted by molar-refractivity contribution is 0.177. The van der Waals surface area contributed by atoms with Crippen molar-refractivity contribution < 1.29 is 9.52 Å². The summed E-state index contributed by atoms with van der Waals surface area (Å²) in [4.78, 5) is 10.8. The van der Waals surface area contributed by atoms with E-state index >= 15 is 0 Å². The van der Waals surface area contributed by atoms with Crippen molar-refractivity contribution in [2.24, 2.45) is 0 Å². The zero-order valence-corrected chi connectivity index (χ0v) is 11.6. The maximum Gasteiger partial charge on any atom is 0.434 e. The molecule has 0 amide bonds. The van der Waals surface area contributed by atoms with E-state index in [0.717, 1.165) is 5.69 Å². The van der Waals surface area contributed by atoms with Gasteiger partial charge in [-0.25, -0.2) is 9.89 Å². The highest BCUT2D eigenvalue weighted by molar-refractivity contribution is 5.46. The van der Waals surface area contributed by atoms with Crippen LogP contribution >= 0.6 is 0 Å². The number of hydrogen-bond donors (Lipinski definition) is 3. The van der Waals surface area contributed by atoms with Crippen LogP contribution in [0.15, 0.2) is 33.5 Å². The molecule has 2 rings (SSSR count). The van der Waals surface area contributed by atoms with Crippen molar-refractivity contribution in [3.05, 3.63) is 46.3 Å². The molecule has 0 aliphatic heterocycles. The molecule has 0 aliphatic carbocycles. The Morgan fingerprint density at radius 1 is 1.45 bits per heavy atom. The third-order valence-electron chi connectivity index (χ3n) is 2.99. The number of nitrogens with one attached hydrogen (secondary N) is 2. The Hall–Kier alpha value is -2.08. The van der Waals surface area contributed by atoms with E-state index in [9.17, 15) is 9.90 Å². The maximum absolute atomic E-state index is 10.8. The molecule has 2 aromatic rings. The van der Waals surface area contributed by atoms with Crippen LogP contribution in [-0.2, 0) is 6.42 Å². The smallest absolute Gasteiger partial charge is 0.392 e. The first-order valence-corrected chi connectivity index (χ1v) is 6.61. The Labute approximate surface area is 116 Å². The van der Waals surface area contributed by atoms with Crippen LogP contribution in [0.2, 0.25) is 0 Å². The van der Waals surface area contributed by atoms with Gasteiger partial charge in [-0.2, -0.15) is 0 Å². The second-order valence-electron chi connectivity index (χ2n) is 5.03. The quantitative estimate of drug-likeness (QED) is 0.744. The van der Waals surface area contributed by atoms with Crippen LogP contribution in [0.4, 0.5) is 5.69 Å². The molecule has 0 saturated carbocycles. The van der Waals surface area contributed by atoms with E-state index in [1.807, 2.05) is 12.1 Å². The molecule has 108 valence electrons. The van der Waals surface area contributed by atoms with Crippen molar-refractivity contribution in [1.29, 1.82) is 0 Å². The third kappa shape index (κ3) is 3.96. The second-order valence-corrected chi connectivity index (χ2v) is 5.03. The standard InChI is InChI=1S/C14H19N3O3/c1-9(2)10-4-3-5-11(6-10)15-8-12(18)7-13-16-17-14(19)20-13/h3-6,9,12,15,18H,7-8H2,1-2H3,(H,17,19). The molecular formula is C14H19N3O3. The Bertz CT molecular complexity index is 603. The molecule has 1 atom stereocenters. The topological polar surface area (TPSA) is 91.1 Å². The minimum Gasteiger partial charge on any atom is -0.392 e. The minimum atomic E-state index is -0.677. The lowest BCUT2D eigenvalue weighted by atomic mass is 10.0. The van der Waals surface area contributed by atoms with Gasteiger partial charge in [0, 0.05) is 12.2 Å². The van der Waals surface area contributed by atoms with E-state index in [-0.39, 0.29) is 12.3 Å². The molecule has 6 nitrogen and oxygen atoms in total. The summed E-state index contributed by atoms with van der Waals surface area (Å²) in [5.74, 6) is 0.0602. The van der Waals surface area contributed by atoms with Crippen LogP contribution in [0, 0.1) is 0 Å². The summed E-state index contributed by atoms with van der Waals surface area (Å²) in [5, 5.41) is 18.9. The van der Waals surface area contributed by atoms with Crippen LogP contribution in [0.1, 0.15) is 31.2 Å². The van der Waals surface area contributed by atoms with Gasteiger partial charge in [0.25, 0.3) is 0 Å². The number of aliphatic hydroxyl groups is 1. The van der Waals surface area contributed by atoms with Gasteiger partial charge in [-0.3, -0.25) is 0 Å². The van der Waals surface area contributed by atoms with E-state index in [4.69, 9.17) is 4.42 Å². The van der Waals surface area contributed by atoms with Gasteiger partial charge in [0.2, 0.25) is 5.89 Å². The fourth-order valence-corrected chi connectivity index (χ4v) is 1.87. The Balaban J connectivity index is 1.88. The van der Waals surface area contributed by atoms with E-state index in [2.05, 4.69) is 41.5 Å². The molecule has 20 heavy (non-hydrogen) atoms. The average Bonchev–Trinajstić information content (AvgIpc) is 2.82. The number of rotatable bonds is 6. The summed E-state index contributed by atoms with van der Waals surface area (Å²) in [7, 11) is 0. The highest BCUT2D eigenvalue weighted by Crippen LogP contribution is 2.18. The molecule has 1 aromatic heterocycles. The van der Waals surface area contributed by atoms with Crippen molar-refractivity contribution in [2.75, 3.05) is 11.9 Å². The lowest BCUT2D eigenvalue weighted by Crippen LogP contribution is -2.22. The van der Waals surface area contributed by atoms with Gasteiger partial charge >= 0.3 is 5.76 Å². The molecule has 0 spiro atoms. The third-order valence-corrected chi connectivity index (χ3v) is 2.99. The first-order chi connectivity index (χ1) is 9.54. The number of nitrogens with zero attached hydrogens (tertiary/aromatic N) is 1. The van der Waals surface area contributed by atoms with Gasteiger partial charge in [0.1, 0.15) is 0 Å². The first kappa shape index (κ1) is 14.3. The summed E-state index contributed by atoms with van der Waals surface area (Å²) in [6.07, 6.45) is -0.487. The predicted octanol–water partition coefficient (Wildman–Crippen LogP) is 1.50. The fraction of sp³-hybridized carbons (Fsp3) is 0.429. The van der Waals surface area contributed by atoms with Crippen molar-refractivity contribution >= 4 is 5.69 Å². The van der Waals surface area contributed by atoms with Crippen LogP contribution < -0.4 is 11.1 Å². The number of aromatic amines is 1. The highest BCUT2D eigenvalue weighted by atomic mass is 16.4. The zero-order valence-electron chi connectivity index (χ0n) is 11.6. The molecule has 0 radical (unpaired) electrons. The number of anilines is 1. The maximum atomic E-state index is 10.8. The minimum absolute atomic E-state index is 0.190. The number of aliphatic hydroxyl groups excluding tert-OH is 1. The van der Waals surface area contributed by atoms with E-state index in [0.29, 0.717) is 12.5 Å². The number of H-pyrrole nitrogens is 1. The van der Waals surface area contributed by atoms with Crippen molar-refractivity contribution in [2.45, 2.75) is 32.3 Å². The van der Waals surface area contributed by atoms with Gasteiger partial charge < -0.3 is 14.8 Å². The Morgan fingerprint density at radius 2 is 2.25 bits per heavy atom. The van der Waals surface area contributed by atoms with Crippen LogP contribution in [0.3, 0.4) is 0 Å². The second kappa shape index (κ2) is 6.38. The highest BCUT2D eigenvalue weighted by Gasteiger charge is 2.10. The molecule has 3 N–H and O–H groups in total. The van der Waals surface area contributed by atoms with Crippen LogP contribution in [0.5, 0.6) is 0 Å². The van der Waals surface area contributed by atoms with E-state index < -0.39 is 11.9 Å². The summed E-state index contributed by atoms with van der Waals surface area (Å²) in [5.41, 5.74) is 2.20. The zero-order chi connectivity index (χ0) is 14.5. The van der Waals surface area contributed by atoms with Gasteiger partial charge in [0.15, 0.2) is 0 Å². The van der Waals surface area contributed by atoms with E-state index in [1.165, 1.54) is 5.56 Å². The van der Waals surface area contributed by atoms with Crippen LogP contribution in [-0.4, -0.2) is 28.0 Å². The summed E-state index contributed by atoms with van der Waals surface area (Å²) >= 11 is 0. The van der Waals surface area contributed by atoms with E-state index in [1.54, 1.807) is 0 Å². The van der Waals surface area contributed by atoms with Crippen molar-refractivity contribution in [3.63, 3.8) is 0 Å². The number of aromatic nitrogens is 2. The molecule has 1 aromatic carbocycles. The normalized spacial score (nSPS) is 12.6. The monoisotopic (exact) mass is 277 g/mol. The lowest BCUT2D eigenvalue weighted by Gasteiger charge is -2.13. The van der Waals surface area contributed by atoms with Gasteiger partial charge in [-0.1, -0.05) is 26.0 Å². The SMILES string of the molecule is CC(C)c1cccc(NCC(O)Cc2n[nH]c(=O)o2)c1. The fourth-order valence-electron chi connectivity index (χ4n) is 1.87. The summed E-state index contributed by atoms with van der Waals surface area (Å²) < 4.78 is 4.75. The van der Waals surface area contributed by atoms with Gasteiger partial charge in [-0.15, -0.1) is 5.10 Å². The van der Waals surface area contributed by atoms with Crippen molar-refractivity contribution in [1.82, 2.24) is 10.2 Å². The molecule has 6 heteroatoms. The molecular weight excluding hydrogens is 258 g/mol. The molecule has 1 heterocycles. The average molecular weight is 277 g/mol. The molecule has 0 bridgehead atoms.